The van der Waals surface area contributed by atoms with Gasteiger partial charge in [0.1, 0.15) is 5.75 Å². The van der Waals surface area contributed by atoms with E-state index in [1.54, 1.807) is 7.11 Å². The summed E-state index contributed by atoms with van der Waals surface area (Å²) in [4.78, 5) is 0. The van der Waals surface area contributed by atoms with E-state index in [4.69, 9.17) is 9.47 Å². The number of hydrogen-bond acceptors (Lipinski definition) is 3. The molecule has 21 heavy (non-hydrogen) atoms. The zero-order valence-electron chi connectivity index (χ0n) is 13.8. The van der Waals surface area contributed by atoms with Crippen LogP contribution in [0.3, 0.4) is 0 Å². The van der Waals surface area contributed by atoms with E-state index >= 15 is 0 Å². The van der Waals surface area contributed by atoms with Gasteiger partial charge in [-0.05, 0) is 26.3 Å². The second-order valence-electron chi connectivity index (χ2n) is 7.18. The SMILES string of the molecule is COc1ccc(C)cc1C(C)NC1C2CCOC2C1(C)C. The van der Waals surface area contributed by atoms with Crippen LogP contribution in [0.25, 0.3) is 0 Å². The minimum absolute atomic E-state index is 0.215. The van der Waals surface area contributed by atoms with Crippen molar-refractivity contribution in [1.29, 1.82) is 0 Å². The summed E-state index contributed by atoms with van der Waals surface area (Å²) in [6.45, 7) is 9.91. The van der Waals surface area contributed by atoms with Crippen LogP contribution in [0.2, 0.25) is 0 Å². The van der Waals surface area contributed by atoms with Gasteiger partial charge in [-0.15, -0.1) is 0 Å². The third-order valence-electron chi connectivity index (χ3n) is 5.38. The molecule has 2 aliphatic rings. The molecule has 0 spiro atoms. The molecule has 4 atom stereocenters. The van der Waals surface area contributed by atoms with Crippen molar-refractivity contribution in [2.45, 2.75) is 52.3 Å². The Morgan fingerprint density at radius 3 is 2.86 bits per heavy atom. The van der Waals surface area contributed by atoms with Crippen molar-refractivity contribution in [3.8, 4) is 5.75 Å². The highest BCUT2D eigenvalue weighted by atomic mass is 16.5. The first-order valence-electron chi connectivity index (χ1n) is 7.97. The fourth-order valence-corrected chi connectivity index (χ4v) is 4.21. The van der Waals surface area contributed by atoms with Crippen LogP contribution in [0.5, 0.6) is 5.75 Å². The first-order chi connectivity index (χ1) is 9.95. The zero-order valence-corrected chi connectivity index (χ0v) is 13.8. The van der Waals surface area contributed by atoms with Crippen molar-refractivity contribution in [2.24, 2.45) is 11.3 Å². The Bertz CT molecular complexity index is 526. The number of nitrogens with one attached hydrogen (secondary N) is 1. The Kier molecular flexibility index (Phi) is 3.74. The molecule has 1 N–H and O–H groups in total. The molecule has 0 aromatic heterocycles. The lowest BCUT2D eigenvalue weighted by molar-refractivity contribution is -0.115. The van der Waals surface area contributed by atoms with Gasteiger partial charge in [0, 0.05) is 35.6 Å². The van der Waals surface area contributed by atoms with Gasteiger partial charge in [0.25, 0.3) is 0 Å². The van der Waals surface area contributed by atoms with E-state index < -0.39 is 0 Å². The van der Waals surface area contributed by atoms with Gasteiger partial charge >= 0.3 is 0 Å². The van der Waals surface area contributed by atoms with Crippen LogP contribution in [0, 0.1) is 18.3 Å². The van der Waals surface area contributed by atoms with Gasteiger partial charge in [-0.2, -0.15) is 0 Å². The Morgan fingerprint density at radius 1 is 1.38 bits per heavy atom. The first kappa shape index (κ1) is 14.9. The molecule has 1 saturated heterocycles. The van der Waals surface area contributed by atoms with Crippen LogP contribution in [-0.4, -0.2) is 25.9 Å². The molecule has 0 bridgehead atoms. The maximum absolute atomic E-state index is 5.88. The van der Waals surface area contributed by atoms with Gasteiger partial charge in [0.15, 0.2) is 0 Å². The third kappa shape index (κ3) is 2.36. The number of methoxy groups -OCH3 is 1. The fourth-order valence-electron chi connectivity index (χ4n) is 4.21. The number of fused-ring (bicyclic) bond motifs is 1. The molecule has 3 nitrogen and oxygen atoms in total. The van der Waals surface area contributed by atoms with Crippen LogP contribution < -0.4 is 10.1 Å². The van der Waals surface area contributed by atoms with E-state index in [-0.39, 0.29) is 11.5 Å². The van der Waals surface area contributed by atoms with Crippen LogP contribution in [0.15, 0.2) is 18.2 Å². The number of aryl methyl sites for hydroxylation is 1. The van der Waals surface area contributed by atoms with E-state index in [0.717, 1.165) is 12.4 Å². The van der Waals surface area contributed by atoms with Crippen molar-refractivity contribution in [2.75, 3.05) is 13.7 Å². The highest BCUT2D eigenvalue weighted by Crippen LogP contribution is 2.52. The van der Waals surface area contributed by atoms with E-state index in [1.807, 2.05) is 0 Å². The van der Waals surface area contributed by atoms with Crippen molar-refractivity contribution < 1.29 is 9.47 Å². The molecule has 1 aliphatic carbocycles. The summed E-state index contributed by atoms with van der Waals surface area (Å²) < 4.78 is 11.4. The van der Waals surface area contributed by atoms with Crippen molar-refractivity contribution in [1.82, 2.24) is 5.32 Å². The Balaban J connectivity index is 1.78. The zero-order chi connectivity index (χ0) is 15.2. The van der Waals surface area contributed by atoms with Crippen LogP contribution in [0.1, 0.15) is 44.4 Å². The molecule has 3 rings (SSSR count). The predicted octanol–water partition coefficient (Wildman–Crippen LogP) is 3.47. The molecule has 0 radical (unpaired) electrons. The predicted molar refractivity (Wildman–Crippen MR) is 84.7 cm³/mol. The number of hydrogen-bond donors (Lipinski definition) is 1. The summed E-state index contributed by atoms with van der Waals surface area (Å²) in [6, 6.07) is 7.19. The molecule has 1 heterocycles. The third-order valence-corrected chi connectivity index (χ3v) is 5.38. The average Bonchev–Trinajstić information content (AvgIpc) is 2.91. The standard InChI is InChI=1S/C18H27NO2/c1-11-6-7-15(20-5)14(10-11)12(2)19-16-13-8-9-21-17(13)18(16,3)4/h6-7,10,12-13,16-17,19H,8-9H2,1-5H3. The highest BCUT2D eigenvalue weighted by Gasteiger charge is 2.59. The van der Waals surface area contributed by atoms with Gasteiger partial charge in [-0.3, -0.25) is 0 Å². The second-order valence-corrected chi connectivity index (χ2v) is 7.18. The molecule has 4 unspecified atom stereocenters. The first-order valence-corrected chi connectivity index (χ1v) is 7.97. The lowest BCUT2D eigenvalue weighted by atomic mass is 9.57. The molecule has 1 aromatic carbocycles. The molecule has 1 aromatic rings. The summed E-state index contributed by atoms with van der Waals surface area (Å²) in [6.07, 6.45) is 1.62. The van der Waals surface area contributed by atoms with Crippen molar-refractivity contribution >= 4 is 0 Å². The summed E-state index contributed by atoms with van der Waals surface area (Å²) >= 11 is 0. The fraction of sp³-hybridized carbons (Fsp3) is 0.667. The minimum Gasteiger partial charge on any atom is -0.496 e. The van der Waals surface area contributed by atoms with Gasteiger partial charge in [-0.1, -0.05) is 31.5 Å². The molecule has 1 saturated carbocycles. The Hall–Kier alpha value is -1.06. The molecule has 1 aliphatic heterocycles. The van der Waals surface area contributed by atoms with E-state index in [2.05, 4.69) is 51.2 Å². The number of rotatable bonds is 4. The molecular weight excluding hydrogens is 262 g/mol. The van der Waals surface area contributed by atoms with Gasteiger partial charge in [0.2, 0.25) is 0 Å². The minimum atomic E-state index is 0.215. The molecule has 2 fully saturated rings. The smallest absolute Gasteiger partial charge is 0.123 e. The second kappa shape index (κ2) is 5.29. The van der Waals surface area contributed by atoms with Crippen LogP contribution in [-0.2, 0) is 4.74 Å². The monoisotopic (exact) mass is 289 g/mol. The van der Waals surface area contributed by atoms with Crippen molar-refractivity contribution in [3.05, 3.63) is 29.3 Å². The normalized spacial score (nSPS) is 31.4. The molecule has 116 valence electrons. The maximum atomic E-state index is 5.88. The summed E-state index contributed by atoms with van der Waals surface area (Å²) in [5, 5.41) is 3.84. The Labute approximate surface area is 128 Å². The largest absolute Gasteiger partial charge is 0.496 e. The van der Waals surface area contributed by atoms with E-state index in [9.17, 15) is 0 Å². The number of ether oxygens (including phenoxy) is 2. The highest BCUT2D eigenvalue weighted by molar-refractivity contribution is 5.39. The lowest BCUT2D eigenvalue weighted by Crippen LogP contribution is -2.66. The van der Waals surface area contributed by atoms with E-state index in [0.29, 0.717) is 18.1 Å². The molecule has 3 heteroatoms. The number of benzene rings is 1. The molecule has 0 amide bonds. The van der Waals surface area contributed by atoms with Gasteiger partial charge in [0.05, 0.1) is 13.2 Å². The van der Waals surface area contributed by atoms with Crippen molar-refractivity contribution in [3.63, 3.8) is 0 Å². The summed E-state index contributed by atoms with van der Waals surface area (Å²) in [5.41, 5.74) is 2.73. The lowest BCUT2D eigenvalue weighted by Gasteiger charge is -2.55. The average molecular weight is 289 g/mol. The summed E-state index contributed by atoms with van der Waals surface area (Å²) in [5.74, 6) is 1.63. The van der Waals surface area contributed by atoms with Crippen LogP contribution in [0.4, 0.5) is 0 Å². The Morgan fingerprint density at radius 2 is 2.14 bits per heavy atom. The quantitative estimate of drug-likeness (QED) is 0.920. The van der Waals surface area contributed by atoms with Crippen LogP contribution >= 0.6 is 0 Å². The topological polar surface area (TPSA) is 30.5 Å². The van der Waals surface area contributed by atoms with E-state index in [1.165, 1.54) is 17.5 Å². The molecular formula is C18H27NO2. The van der Waals surface area contributed by atoms with Gasteiger partial charge in [-0.25, -0.2) is 0 Å². The summed E-state index contributed by atoms with van der Waals surface area (Å²) in [7, 11) is 1.75. The maximum Gasteiger partial charge on any atom is 0.123 e. The van der Waals surface area contributed by atoms with Gasteiger partial charge < -0.3 is 14.8 Å².